The molecule has 3 nitrogen and oxygen atoms in total. The van der Waals surface area contributed by atoms with Crippen molar-refractivity contribution in [2.45, 2.75) is 26.7 Å². The Morgan fingerprint density at radius 2 is 1.78 bits per heavy atom. The zero-order chi connectivity index (χ0) is 16.2. The quantitative estimate of drug-likeness (QED) is 0.858. The van der Waals surface area contributed by atoms with Crippen LogP contribution in [0.2, 0.25) is 0 Å². The molecule has 23 heavy (non-hydrogen) atoms. The first-order valence-corrected chi connectivity index (χ1v) is 7.83. The minimum absolute atomic E-state index is 0.120. The van der Waals surface area contributed by atoms with Crippen molar-refractivity contribution in [1.82, 2.24) is 5.32 Å². The number of nitrogens with zero attached hydrogens (tertiary/aromatic N) is 1. The number of hydrogen-bond donors (Lipinski definition) is 1. The van der Waals surface area contributed by atoms with Gasteiger partial charge < -0.3 is 5.32 Å². The summed E-state index contributed by atoms with van der Waals surface area (Å²) >= 11 is 0. The van der Waals surface area contributed by atoms with E-state index in [1.54, 1.807) is 0 Å². The van der Waals surface area contributed by atoms with Crippen LogP contribution in [0, 0.1) is 13.8 Å². The summed E-state index contributed by atoms with van der Waals surface area (Å²) in [6.07, 6.45) is 3.44. The maximum absolute atomic E-state index is 12.0. The highest BCUT2D eigenvalue weighted by molar-refractivity contribution is 6.14. The number of amides is 1. The Balaban J connectivity index is 1.70. The molecule has 0 saturated heterocycles. The average molecular weight is 304 g/mol. The van der Waals surface area contributed by atoms with E-state index < -0.39 is 0 Å². The van der Waals surface area contributed by atoms with Crippen LogP contribution in [0.5, 0.6) is 0 Å². The van der Waals surface area contributed by atoms with Crippen LogP contribution in [0.25, 0.3) is 6.08 Å². The second-order valence-electron chi connectivity index (χ2n) is 5.94. The Morgan fingerprint density at radius 3 is 2.52 bits per heavy atom. The SMILES string of the molecule is Cc1ccc(CCC2=N/C(=C/c3cccc(C)c3)C(=O)N2)cc1. The van der Waals surface area contributed by atoms with Crippen LogP contribution in [0.3, 0.4) is 0 Å². The third-order valence-corrected chi connectivity index (χ3v) is 3.86. The van der Waals surface area contributed by atoms with Gasteiger partial charge in [0.2, 0.25) is 0 Å². The lowest BCUT2D eigenvalue weighted by molar-refractivity contribution is -0.115. The fraction of sp³-hybridized carbons (Fsp3) is 0.200. The molecule has 1 aliphatic heterocycles. The molecule has 3 heteroatoms. The van der Waals surface area contributed by atoms with Crippen LogP contribution in [-0.4, -0.2) is 11.7 Å². The highest BCUT2D eigenvalue weighted by Gasteiger charge is 2.19. The molecule has 3 rings (SSSR count). The van der Waals surface area contributed by atoms with E-state index in [4.69, 9.17) is 0 Å². The summed E-state index contributed by atoms with van der Waals surface area (Å²) in [7, 11) is 0. The summed E-state index contributed by atoms with van der Waals surface area (Å²) in [6, 6.07) is 16.5. The summed E-state index contributed by atoms with van der Waals surface area (Å²) in [5.74, 6) is 0.625. The van der Waals surface area contributed by atoms with Crippen molar-refractivity contribution in [1.29, 1.82) is 0 Å². The summed E-state index contributed by atoms with van der Waals surface area (Å²) in [4.78, 5) is 16.5. The number of nitrogens with one attached hydrogen (secondary N) is 1. The predicted molar refractivity (Wildman–Crippen MR) is 94.2 cm³/mol. The Hall–Kier alpha value is -2.68. The smallest absolute Gasteiger partial charge is 0.275 e. The molecule has 1 heterocycles. The minimum atomic E-state index is -0.120. The standard InChI is InChI=1S/C20H20N2O/c1-14-6-8-16(9-7-14)10-11-19-21-18(20(23)22-19)13-17-5-3-4-15(2)12-17/h3-9,12-13H,10-11H2,1-2H3,(H,21,22,23)/b18-13+. The van der Waals surface area contributed by atoms with E-state index in [2.05, 4.69) is 41.5 Å². The second-order valence-corrected chi connectivity index (χ2v) is 5.94. The van der Waals surface area contributed by atoms with E-state index in [0.29, 0.717) is 5.70 Å². The van der Waals surface area contributed by atoms with E-state index in [0.717, 1.165) is 24.2 Å². The molecule has 0 bridgehead atoms. The molecule has 0 unspecified atom stereocenters. The van der Waals surface area contributed by atoms with Gasteiger partial charge in [-0.05, 0) is 37.5 Å². The molecule has 1 N–H and O–H groups in total. The van der Waals surface area contributed by atoms with Crippen LogP contribution in [0.4, 0.5) is 0 Å². The lowest BCUT2D eigenvalue weighted by Crippen LogP contribution is -2.24. The summed E-state index contributed by atoms with van der Waals surface area (Å²) in [5.41, 5.74) is 5.15. The largest absolute Gasteiger partial charge is 0.309 e. The molecule has 0 spiro atoms. The maximum atomic E-state index is 12.0. The lowest BCUT2D eigenvalue weighted by Gasteiger charge is -2.02. The minimum Gasteiger partial charge on any atom is -0.309 e. The van der Waals surface area contributed by atoms with E-state index in [1.165, 1.54) is 16.7 Å². The zero-order valence-electron chi connectivity index (χ0n) is 13.5. The van der Waals surface area contributed by atoms with Crippen LogP contribution in [0.15, 0.2) is 59.2 Å². The van der Waals surface area contributed by atoms with Crippen molar-refractivity contribution in [3.05, 3.63) is 76.5 Å². The Kier molecular flexibility index (Phi) is 4.38. The van der Waals surface area contributed by atoms with Crippen LogP contribution < -0.4 is 5.32 Å². The van der Waals surface area contributed by atoms with Crippen molar-refractivity contribution in [3.8, 4) is 0 Å². The molecule has 2 aromatic carbocycles. The number of amidine groups is 1. The third-order valence-electron chi connectivity index (χ3n) is 3.86. The van der Waals surface area contributed by atoms with Crippen LogP contribution in [0.1, 0.15) is 28.7 Å². The lowest BCUT2D eigenvalue weighted by atomic mass is 10.1. The van der Waals surface area contributed by atoms with Gasteiger partial charge in [0.25, 0.3) is 5.91 Å². The van der Waals surface area contributed by atoms with Crippen molar-refractivity contribution in [2.24, 2.45) is 4.99 Å². The van der Waals surface area contributed by atoms with E-state index in [9.17, 15) is 4.79 Å². The molecule has 0 fully saturated rings. The van der Waals surface area contributed by atoms with Gasteiger partial charge in [0.15, 0.2) is 0 Å². The molecular weight excluding hydrogens is 284 g/mol. The van der Waals surface area contributed by atoms with Gasteiger partial charge in [-0.1, -0.05) is 59.7 Å². The average Bonchev–Trinajstić information content (AvgIpc) is 2.87. The highest BCUT2D eigenvalue weighted by atomic mass is 16.2. The molecule has 116 valence electrons. The number of benzene rings is 2. The van der Waals surface area contributed by atoms with Gasteiger partial charge in [-0.3, -0.25) is 4.79 Å². The van der Waals surface area contributed by atoms with Crippen LogP contribution >= 0.6 is 0 Å². The molecule has 1 aliphatic rings. The van der Waals surface area contributed by atoms with E-state index in [1.807, 2.05) is 37.3 Å². The van der Waals surface area contributed by atoms with E-state index >= 15 is 0 Å². The van der Waals surface area contributed by atoms with Gasteiger partial charge in [0.05, 0.1) is 0 Å². The van der Waals surface area contributed by atoms with Crippen LogP contribution in [-0.2, 0) is 11.2 Å². The van der Waals surface area contributed by atoms with Crippen molar-refractivity contribution < 1.29 is 4.79 Å². The number of hydrogen-bond acceptors (Lipinski definition) is 2. The number of carbonyl (C=O) groups excluding carboxylic acids is 1. The van der Waals surface area contributed by atoms with Crippen molar-refractivity contribution >= 4 is 17.8 Å². The first-order chi connectivity index (χ1) is 11.1. The number of rotatable bonds is 4. The van der Waals surface area contributed by atoms with Gasteiger partial charge in [-0.25, -0.2) is 4.99 Å². The molecule has 1 amide bonds. The fourth-order valence-corrected chi connectivity index (χ4v) is 2.57. The summed E-state index contributed by atoms with van der Waals surface area (Å²) < 4.78 is 0. The normalized spacial score (nSPS) is 15.7. The van der Waals surface area contributed by atoms with Gasteiger partial charge >= 0.3 is 0 Å². The Bertz CT molecular complexity index is 786. The Labute approximate surface area is 136 Å². The molecule has 0 aliphatic carbocycles. The molecule has 0 saturated carbocycles. The van der Waals surface area contributed by atoms with Crippen molar-refractivity contribution in [2.75, 3.05) is 0 Å². The summed E-state index contributed by atoms with van der Waals surface area (Å²) in [5, 5.41) is 2.86. The predicted octanol–water partition coefficient (Wildman–Crippen LogP) is 3.81. The van der Waals surface area contributed by atoms with Gasteiger partial charge in [0.1, 0.15) is 11.5 Å². The number of aryl methyl sites for hydroxylation is 3. The third kappa shape index (κ3) is 3.95. The van der Waals surface area contributed by atoms with Gasteiger partial charge in [-0.2, -0.15) is 0 Å². The Morgan fingerprint density at radius 1 is 1.00 bits per heavy atom. The monoisotopic (exact) mass is 304 g/mol. The van der Waals surface area contributed by atoms with Crippen molar-refractivity contribution in [3.63, 3.8) is 0 Å². The molecular formula is C20H20N2O. The fourth-order valence-electron chi connectivity index (χ4n) is 2.57. The number of carbonyl (C=O) groups is 1. The summed E-state index contributed by atoms with van der Waals surface area (Å²) in [6.45, 7) is 4.11. The highest BCUT2D eigenvalue weighted by Crippen LogP contribution is 2.15. The number of aliphatic imine (C=N–C) groups is 1. The topological polar surface area (TPSA) is 41.5 Å². The molecule has 0 aromatic heterocycles. The first-order valence-electron chi connectivity index (χ1n) is 7.83. The maximum Gasteiger partial charge on any atom is 0.275 e. The van der Waals surface area contributed by atoms with E-state index in [-0.39, 0.29) is 5.91 Å². The van der Waals surface area contributed by atoms with Gasteiger partial charge in [0, 0.05) is 6.42 Å². The van der Waals surface area contributed by atoms with Gasteiger partial charge in [-0.15, -0.1) is 0 Å². The molecule has 0 radical (unpaired) electrons. The molecule has 0 atom stereocenters. The zero-order valence-corrected chi connectivity index (χ0v) is 13.5. The second kappa shape index (κ2) is 6.61. The first kappa shape index (κ1) is 15.2. The molecule has 2 aromatic rings.